The lowest BCUT2D eigenvalue weighted by Gasteiger charge is -2.60. The van der Waals surface area contributed by atoms with Crippen molar-refractivity contribution in [3.8, 4) is 5.75 Å². The molecule has 6 rings (SSSR count). The Bertz CT molecular complexity index is 1050. The summed E-state index contributed by atoms with van der Waals surface area (Å²) in [6, 6.07) is 11.2. The van der Waals surface area contributed by atoms with E-state index >= 15 is 0 Å². The number of carbonyl (C=O) groups excluding carboxylic acids is 2. The van der Waals surface area contributed by atoms with Gasteiger partial charge in [-0.15, -0.1) is 0 Å². The number of carbonyl (C=O) groups is 2. The van der Waals surface area contributed by atoms with E-state index in [0.29, 0.717) is 30.3 Å². The zero-order chi connectivity index (χ0) is 21.1. The first-order chi connectivity index (χ1) is 14.3. The number of rotatable bonds is 5. The van der Waals surface area contributed by atoms with Gasteiger partial charge >= 0.3 is 5.97 Å². The van der Waals surface area contributed by atoms with Crippen molar-refractivity contribution >= 4 is 22.5 Å². The molecule has 2 aromatic carbocycles. The summed E-state index contributed by atoms with van der Waals surface area (Å²) in [7, 11) is 0. The van der Waals surface area contributed by atoms with Crippen molar-refractivity contribution in [1.82, 2.24) is 0 Å². The number of ketones is 1. The van der Waals surface area contributed by atoms with Gasteiger partial charge in [0.05, 0.1) is 0 Å². The van der Waals surface area contributed by atoms with Crippen molar-refractivity contribution in [3.05, 3.63) is 54.1 Å². The van der Waals surface area contributed by atoms with Gasteiger partial charge in [0.1, 0.15) is 17.1 Å². The summed E-state index contributed by atoms with van der Waals surface area (Å²) in [5.74, 6) is 1.06. The maximum Gasteiger partial charge on any atom is 0.333 e. The van der Waals surface area contributed by atoms with Crippen LogP contribution in [0.25, 0.3) is 10.8 Å². The van der Waals surface area contributed by atoms with E-state index in [1.54, 1.807) is 13.0 Å². The molecule has 4 fully saturated rings. The normalized spacial score (nSPS) is 31.6. The van der Waals surface area contributed by atoms with E-state index in [1.807, 2.05) is 30.3 Å². The van der Waals surface area contributed by atoms with Crippen molar-refractivity contribution in [3.63, 3.8) is 0 Å². The molecule has 2 unspecified atom stereocenters. The monoisotopic (exact) mass is 404 g/mol. The predicted octanol–water partition coefficient (Wildman–Crippen LogP) is 5.12. The Morgan fingerprint density at radius 2 is 1.73 bits per heavy atom. The van der Waals surface area contributed by atoms with E-state index in [4.69, 9.17) is 4.74 Å². The van der Waals surface area contributed by atoms with Crippen molar-refractivity contribution in [2.75, 3.05) is 0 Å². The molecule has 4 bridgehead atoms. The zero-order valence-electron chi connectivity index (χ0n) is 17.4. The van der Waals surface area contributed by atoms with Crippen LogP contribution in [-0.4, -0.2) is 22.5 Å². The summed E-state index contributed by atoms with van der Waals surface area (Å²) in [5.41, 5.74) is 0.462. The summed E-state index contributed by atoms with van der Waals surface area (Å²) in [6.45, 7) is 5.42. The minimum absolute atomic E-state index is 0.238. The third kappa shape index (κ3) is 3.05. The first-order valence-electron chi connectivity index (χ1n) is 10.9. The second kappa shape index (κ2) is 6.69. The van der Waals surface area contributed by atoms with Gasteiger partial charge in [-0.2, -0.15) is 0 Å². The Hall–Kier alpha value is -2.62. The number of benzene rings is 2. The van der Waals surface area contributed by atoms with Crippen LogP contribution in [0.3, 0.4) is 0 Å². The molecule has 4 nitrogen and oxygen atoms in total. The molecular formula is C26H28O4. The van der Waals surface area contributed by atoms with Gasteiger partial charge in [-0.3, -0.25) is 4.79 Å². The summed E-state index contributed by atoms with van der Waals surface area (Å²) in [4.78, 5) is 26.1. The van der Waals surface area contributed by atoms with Crippen LogP contribution in [0.2, 0.25) is 0 Å². The number of esters is 1. The first-order valence-corrected chi connectivity index (χ1v) is 10.9. The largest absolute Gasteiger partial charge is 0.507 e. The fourth-order valence-electron chi connectivity index (χ4n) is 6.78. The summed E-state index contributed by atoms with van der Waals surface area (Å²) in [5, 5.41) is 11.9. The van der Waals surface area contributed by atoms with E-state index in [-0.39, 0.29) is 17.5 Å². The highest BCUT2D eigenvalue weighted by Crippen LogP contribution is 2.63. The highest BCUT2D eigenvalue weighted by molar-refractivity contribution is 5.96. The molecule has 156 valence electrons. The third-order valence-electron chi connectivity index (χ3n) is 7.60. The van der Waals surface area contributed by atoms with Gasteiger partial charge in [0.25, 0.3) is 0 Å². The van der Waals surface area contributed by atoms with Crippen LogP contribution in [0, 0.1) is 17.3 Å². The molecule has 4 aliphatic rings. The number of phenolic OH excluding ortho intramolecular Hbond substituents is 1. The molecular weight excluding hydrogens is 376 g/mol. The SMILES string of the molecule is C=C(C)C(=O)OC12CC3CC(C1)CC(C(=O)Cc1cccc4c(O)cccc14)(C3)C2. The second-order valence-electron chi connectivity index (χ2n) is 9.98. The molecule has 4 aliphatic carbocycles. The number of Topliss-reactive ketones (excluding diaryl/α,β-unsaturated/α-hetero) is 1. The Labute approximate surface area is 176 Å². The molecule has 0 radical (unpaired) electrons. The second-order valence-corrected chi connectivity index (χ2v) is 9.98. The third-order valence-corrected chi connectivity index (χ3v) is 7.60. The predicted molar refractivity (Wildman–Crippen MR) is 115 cm³/mol. The van der Waals surface area contributed by atoms with Crippen LogP contribution in [0.15, 0.2) is 48.6 Å². The van der Waals surface area contributed by atoms with Gasteiger partial charge < -0.3 is 9.84 Å². The van der Waals surface area contributed by atoms with Crippen molar-refractivity contribution < 1.29 is 19.4 Å². The fourth-order valence-corrected chi connectivity index (χ4v) is 6.78. The quantitative estimate of drug-likeness (QED) is 0.555. The minimum Gasteiger partial charge on any atom is -0.507 e. The lowest BCUT2D eigenvalue weighted by molar-refractivity contribution is -0.199. The molecule has 0 spiro atoms. The van der Waals surface area contributed by atoms with Gasteiger partial charge in [-0.25, -0.2) is 4.79 Å². The Balaban J connectivity index is 1.45. The van der Waals surface area contributed by atoms with Gasteiger partial charge in [-0.05, 0) is 74.3 Å². The maximum absolute atomic E-state index is 13.7. The van der Waals surface area contributed by atoms with E-state index in [9.17, 15) is 14.7 Å². The number of aromatic hydroxyl groups is 1. The average Bonchev–Trinajstić information content (AvgIpc) is 2.67. The van der Waals surface area contributed by atoms with Crippen LogP contribution < -0.4 is 0 Å². The first kappa shape index (κ1) is 19.3. The number of phenols is 1. The van der Waals surface area contributed by atoms with E-state index < -0.39 is 11.0 Å². The number of hydrogen-bond donors (Lipinski definition) is 1. The minimum atomic E-state index is -0.507. The smallest absolute Gasteiger partial charge is 0.333 e. The van der Waals surface area contributed by atoms with Gasteiger partial charge in [0.15, 0.2) is 0 Å². The molecule has 0 amide bonds. The molecule has 0 saturated heterocycles. The van der Waals surface area contributed by atoms with Crippen molar-refractivity contribution in [2.24, 2.45) is 17.3 Å². The van der Waals surface area contributed by atoms with Crippen LogP contribution in [0.1, 0.15) is 51.0 Å². The molecule has 4 saturated carbocycles. The molecule has 2 aromatic rings. The molecule has 0 heterocycles. The number of hydrogen-bond acceptors (Lipinski definition) is 4. The summed E-state index contributed by atoms with van der Waals surface area (Å²) < 4.78 is 6.00. The molecule has 4 heteroatoms. The summed E-state index contributed by atoms with van der Waals surface area (Å²) in [6.07, 6.45) is 5.70. The lowest BCUT2D eigenvalue weighted by atomic mass is 9.46. The fraction of sp³-hybridized carbons (Fsp3) is 0.462. The van der Waals surface area contributed by atoms with Crippen molar-refractivity contribution in [2.45, 2.75) is 57.5 Å². The number of ether oxygens (including phenoxy) is 1. The lowest BCUT2D eigenvalue weighted by Crippen LogP contribution is -2.60. The Morgan fingerprint density at radius 1 is 1.07 bits per heavy atom. The van der Waals surface area contributed by atoms with E-state index in [2.05, 4.69) is 6.58 Å². The maximum atomic E-state index is 13.7. The molecule has 0 aliphatic heterocycles. The highest BCUT2D eigenvalue weighted by atomic mass is 16.6. The topological polar surface area (TPSA) is 63.6 Å². The number of fused-ring (bicyclic) bond motifs is 1. The average molecular weight is 405 g/mol. The Kier molecular flexibility index (Phi) is 4.32. The van der Waals surface area contributed by atoms with Crippen LogP contribution in [-0.2, 0) is 20.7 Å². The van der Waals surface area contributed by atoms with Crippen molar-refractivity contribution in [1.29, 1.82) is 0 Å². The standard InChI is InChI=1S/C26H28O4/c1-16(2)24(29)30-26-13-17-9-18(14-26)12-25(11-17,15-26)23(28)10-19-5-3-7-21-20(19)6-4-8-22(21)27/h3-8,17-18,27H,1,9-15H2,2H3. The summed E-state index contributed by atoms with van der Waals surface area (Å²) >= 11 is 0. The van der Waals surface area contributed by atoms with Crippen LogP contribution in [0.5, 0.6) is 5.75 Å². The van der Waals surface area contributed by atoms with E-state index in [0.717, 1.165) is 48.4 Å². The van der Waals surface area contributed by atoms with Gasteiger partial charge in [0.2, 0.25) is 0 Å². The van der Waals surface area contributed by atoms with Gasteiger partial charge in [-0.1, -0.05) is 36.9 Å². The molecule has 1 N–H and O–H groups in total. The van der Waals surface area contributed by atoms with Crippen LogP contribution in [0.4, 0.5) is 0 Å². The highest BCUT2D eigenvalue weighted by Gasteiger charge is 2.61. The zero-order valence-corrected chi connectivity index (χ0v) is 17.4. The van der Waals surface area contributed by atoms with E-state index in [1.165, 1.54) is 0 Å². The Morgan fingerprint density at radius 3 is 2.43 bits per heavy atom. The molecule has 0 aromatic heterocycles. The molecule has 2 atom stereocenters. The van der Waals surface area contributed by atoms with Crippen LogP contribution >= 0.6 is 0 Å². The molecule has 30 heavy (non-hydrogen) atoms. The van der Waals surface area contributed by atoms with Gasteiger partial charge in [0, 0.05) is 22.8 Å².